The van der Waals surface area contributed by atoms with Gasteiger partial charge < -0.3 is 10.2 Å². The highest BCUT2D eigenvalue weighted by Gasteiger charge is 2.22. The molecular weight excluding hydrogens is 236 g/mol. The van der Waals surface area contributed by atoms with Crippen molar-refractivity contribution < 1.29 is 0 Å². The number of nitrogens with one attached hydrogen (secondary N) is 1. The van der Waals surface area contributed by atoms with E-state index in [9.17, 15) is 5.26 Å². The van der Waals surface area contributed by atoms with Gasteiger partial charge in [-0.2, -0.15) is 10.5 Å². The first kappa shape index (κ1) is 13.4. The second-order valence-electron chi connectivity index (χ2n) is 4.99. The van der Waals surface area contributed by atoms with Gasteiger partial charge >= 0.3 is 0 Å². The highest BCUT2D eigenvalue weighted by Crippen LogP contribution is 2.22. The summed E-state index contributed by atoms with van der Waals surface area (Å²) in [6, 6.07) is 12.7. The first-order chi connectivity index (χ1) is 9.24. The number of nitrogens with zero attached hydrogens (tertiary/aromatic N) is 3. The monoisotopic (exact) mass is 254 g/mol. The van der Waals surface area contributed by atoms with Crippen molar-refractivity contribution in [1.82, 2.24) is 5.32 Å². The van der Waals surface area contributed by atoms with Crippen LogP contribution < -0.4 is 10.2 Å². The highest BCUT2D eigenvalue weighted by molar-refractivity contribution is 5.59. The predicted molar refractivity (Wildman–Crippen MR) is 74.6 cm³/mol. The summed E-state index contributed by atoms with van der Waals surface area (Å²) in [5, 5.41) is 21.6. The van der Waals surface area contributed by atoms with Gasteiger partial charge in [-0.05, 0) is 25.5 Å². The topological polar surface area (TPSA) is 62.9 Å². The fourth-order valence-electron chi connectivity index (χ4n) is 2.54. The summed E-state index contributed by atoms with van der Waals surface area (Å²) in [7, 11) is 0. The molecule has 1 saturated heterocycles. The van der Waals surface area contributed by atoms with E-state index in [1.807, 2.05) is 24.3 Å². The third-order valence-electron chi connectivity index (χ3n) is 3.50. The molecule has 0 saturated carbocycles. The van der Waals surface area contributed by atoms with Crippen LogP contribution in [0, 0.1) is 22.7 Å². The second-order valence-corrected chi connectivity index (χ2v) is 4.99. The summed E-state index contributed by atoms with van der Waals surface area (Å²) in [6.45, 7) is 3.83. The van der Waals surface area contributed by atoms with E-state index in [-0.39, 0.29) is 6.04 Å². The van der Waals surface area contributed by atoms with E-state index in [0.29, 0.717) is 18.0 Å². The lowest BCUT2D eigenvalue weighted by atomic mass is 10.1. The molecule has 0 spiro atoms. The van der Waals surface area contributed by atoms with Gasteiger partial charge in [-0.25, -0.2) is 0 Å². The van der Waals surface area contributed by atoms with E-state index in [2.05, 4.69) is 29.3 Å². The molecule has 2 rings (SSSR count). The molecule has 1 aliphatic rings. The molecule has 0 radical (unpaired) electrons. The van der Waals surface area contributed by atoms with Gasteiger partial charge in [-0.1, -0.05) is 12.1 Å². The van der Waals surface area contributed by atoms with E-state index >= 15 is 0 Å². The second kappa shape index (κ2) is 6.22. The van der Waals surface area contributed by atoms with Crippen LogP contribution in [0.2, 0.25) is 0 Å². The van der Waals surface area contributed by atoms with Crippen molar-refractivity contribution in [2.24, 2.45) is 0 Å². The van der Waals surface area contributed by atoms with Gasteiger partial charge in [0.15, 0.2) is 0 Å². The fraction of sp³-hybridized carbons (Fsp3) is 0.467. The SMILES string of the molecule is CC1CCN(c2ccccc2C#N)CC(CC#N)N1. The van der Waals surface area contributed by atoms with Crippen molar-refractivity contribution in [2.75, 3.05) is 18.0 Å². The molecular formula is C15H18N4. The van der Waals surface area contributed by atoms with Crippen LogP contribution in [0.5, 0.6) is 0 Å². The summed E-state index contributed by atoms with van der Waals surface area (Å²) < 4.78 is 0. The summed E-state index contributed by atoms with van der Waals surface area (Å²) in [5.41, 5.74) is 1.68. The summed E-state index contributed by atoms with van der Waals surface area (Å²) in [4.78, 5) is 2.22. The molecule has 0 aromatic heterocycles. The van der Waals surface area contributed by atoms with Crippen molar-refractivity contribution in [1.29, 1.82) is 10.5 Å². The average Bonchev–Trinajstić information content (AvgIpc) is 2.61. The molecule has 2 atom stereocenters. The number of hydrogen-bond donors (Lipinski definition) is 1. The number of hydrogen-bond acceptors (Lipinski definition) is 4. The van der Waals surface area contributed by atoms with Crippen LogP contribution in [0.3, 0.4) is 0 Å². The molecule has 1 aromatic rings. The Morgan fingerprint density at radius 3 is 2.89 bits per heavy atom. The van der Waals surface area contributed by atoms with Crippen LogP contribution in [-0.4, -0.2) is 25.2 Å². The molecule has 1 aromatic carbocycles. The standard InChI is InChI=1S/C15H18N4/c1-12-7-9-19(11-14(18-12)6-8-16)15-5-3-2-4-13(15)10-17/h2-5,12,14,18H,6-7,9,11H2,1H3. The maximum atomic E-state index is 9.20. The van der Waals surface area contributed by atoms with E-state index in [0.717, 1.165) is 25.2 Å². The molecule has 4 nitrogen and oxygen atoms in total. The molecule has 1 fully saturated rings. The van der Waals surface area contributed by atoms with Crippen molar-refractivity contribution in [3.63, 3.8) is 0 Å². The lowest BCUT2D eigenvalue weighted by Gasteiger charge is -2.26. The van der Waals surface area contributed by atoms with E-state index < -0.39 is 0 Å². The molecule has 0 bridgehead atoms. The summed E-state index contributed by atoms with van der Waals surface area (Å²) in [5.74, 6) is 0. The Morgan fingerprint density at radius 1 is 1.37 bits per heavy atom. The molecule has 98 valence electrons. The van der Waals surface area contributed by atoms with Crippen LogP contribution in [-0.2, 0) is 0 Å². The van der Waals surface area contributed by atoms with Crippen molar-refractivity contribution >= 4 is 5.69 Å². The quantitative estimate of drug-likeness (QED) is 0.877. The van der Waals surface area contributed by atoms with Crippen molar-refractivity contribution in [3.05, 3.63) is 29.8 Å². The zero-order chi connectivity index (χ0) is 13.7. The van der Waals surface area contributed by atoms with Crippen molar-refractivity contribution in [3.8, 4) is 12.1 Å². The highest BCUT2D eigenvalue weighted by atomic mass is 15.2. The van der Waals surface area contributed by atoms with Crippen LogP contribution in [0.25, 0.3) is 0 Å². The van der Waals surface area contributed by atoms with Gasteiger partial charge in [0, 0.05) is 25.2 Å². The number of anilines is 1. The Hall–Kier alpha value is -2.04. The van der Waals surface area contributed by atoms with Crippen molar-refractivity contribution in [2.45, 2.75) is 31.8 Å². The predicted octanol–water partition coefficient (Wildman–Crippen LogP) is 2.03. The lowest BCUT2D eigenvalue weighted by molar-refractivity contribution is 0.473. The van der Waals surface area contributed by atoms with Gasteiger partial charge in [0.05, 0.1) is 23.7 Å². The summed E-state index contributed by atoms with van der Waals surface area (Å²) >= 11 is 0. The molecule has 0 amide bonds. The zero-order valence-electron chi connectivity index (χ0n) is 11.1. The fourth-order valence-corrected chi connectivity index (χ4v) is 2.54. The van der Waals surface area contributed by atoms with Crippen LogP contribution in [0.15, 0.2) is 24.3 Å². The van der Waals surface area contributed by atoms with E-state index in [1.54, 1.807) is 0 Å². The Labute approximate surface area is 114 Å². The first-order valence-electron chi connectivity index (χ1n) is 6.61. The minimum atomic E-state index is 0.161. The Morgan fingerprint density at radius 2 is 2.16 bits per heavy atom. The Balaban J connectivity index is 2.23. The van der Waals surface area contributed by atoms with Gasteiger partial charge in [0.1, 0.15) is 6.07 Å². The minimum absolute atomic E-state index is 0.161. The maximum Gasteiger partial charge on any atom is 0.101 e. The average molecular weight is 254 g/mol. The van der Waals surface area contributed by atoms with Gasteiger partial charge in [-0.15, -0.1) is 0 Å². The number of para-hydroxylation sites is 1. The Bertz CT molecular complexity index is 512. The molecule has 1 N–H and O–H groups in total. The van der Waals surface area contributed by atoms with E-state index in [1.165, 1.54) is 0 Å². The van der Waals surface area contributed by atoms with Gasteiger partial charge in [-0.3, -0.25) is 0 Å². The number of nitriles is 2. The molecule has 1 heterocycles. The largest absolute Gasteiger partial charge is 0.369 e. The molecule has 0 aliphatic carbocycles. The molecule has 4 heteroatoms. The normalized spacial score (nSPS) is 23.2. The maximum absolute atomic E-state index is 9.20. The summed E-state index contributed by atoms with van der Waals surface area (Å²) in [6.07, 6.45) is 1.51. The first-order valence-corrected chi connectivity index (χ1v) is 6.61. The molecule has 1 aliphatic heterocycles. The third-order valence-corrected chi connectivity index (χ3v) is 3.50. The zero-order valence-corrected chi connectivity index (χ0v) is 11.1. The van der Waals surface area contributed by atoms with Crippen LogP contribution in [0.4, 0.5) is 5.69 Å². The van der Waals surface area contributed by atoms with Crippen LogP contribution in [0.1, 0.15) is 25.3 Å². The third kappa shape index (κ3) is 3.24. The number of benzene rings is 1. The van der Waals surface area contributed by atoms with Crippen LogP contribution >= 0.6 is 0 Å². The lowest BCUT2D eigenvalue weighted by Crippen LogP contribution is -2.40. The number of rotatable bonds is 2. The minimum Gasteiger partial charge on any atom is -0.369 e. The van der Waals surface area contributed by atoms with Gasteiger partial charge in [0.2, 0.25) is 0 Å². The van der Waals surface area contributed by atoms with Gasteiger partial charge in [0.25, 0.3) is 0 Å². The molecule has 2 unspecified atom stereocenters. The smallest absolute Gasteiger partial charge is 0.101 e. The molecule has 19 heavy (non-hydrogen) atoms. The van der Waals surface area contributed by atoms with E-state index in [4.69, 9.17) is 5.26 Å². The Kier molecular flexibility index (Phi) is 4.39.